The molecule has 2 amide bonds. The first-order valence-corrected chi connectivity index (χ1v) is 9.99. The zero-order chi connectivity index (χ0) is 20.6. The van der Waals surface area contributed by atoms with E-state index < -0.39 is 0 Å². The van der Waals surface area contributed by atoms with Crippen molar-refractivity contribution in [2.24, 2.45) is 11.8 Å². The van der Waals surface area contributed by atoms with Gasteiger partial charge in [0.1, 0.15) is 11.6 Å². The summed E-state index contributed by atoms with van der Waals surface area (Å²) in [4.78, 5) is 24.9. The molecule has 2 N–H and O–H groups in total. The molecule has 6 heteroatoms. The van der Waals surface area contributed by atoms with Crippen LogP contribution in [-0.4, -0.2) is 18.9 Å². The standard InChI is InChI=1S/C23H27FN2O3/c1-29-21-9-5-3-7-19(21)15-26-23(28)17-12-10-16(11-13-17)22(27)25-14-18-6-2-4-8-20(18)24/h2-9,16-17H,10-15H2,1H3,(H,25,27)(H,26,28). The van der Waals surface area contributed by atoms with E-state index in [1.54, 1.807) is 25.3 Å². The van der Waals surface area contributed by atoms with Crippen molar-refractivity contribution in [3.8, 4) is 5.75 Å². The van der Waals surface area contributed by atoms with E-state index in [0.29, 0.717) is 37.8 Å². The Morgan fingerprint density at radius 2 is 1.34 bits per heavy atom. The first-order valence-electron chi connectivity index (χ1n) is 9.99. The minimum absolute atomic E-state index is 0.0149. The van der Waals surface area contributed by atoms with Gasteiger partial charge in [-0.2, -0.15) is 0 Å². The normalized spacial score (nSPS) is 18.7. The lowest BCUT2D eigenvalue weighted by molar-refractivity contribution is -0.130. The van der Waals surface area contributed by atoms with Gasteiger partial charge in [0.2, 0.25) is 11.8 Å². The summed E-state index contributed by atoms with van der Waals surface area (Å²) < 4.78 is 19.0. The van der Waals surface area contributed by atoms with Gasteiger partial charge in [-0.25, -0.2) is 4.39 Å². The summed E-state index contributed by atoms with van der Waals surface area (Å²) in [6.45, 7) is 0.608. The lowest BCUT2D eigenvalue weighted by Crippen LogP contribution is -2.37. The van der Waals surface area contributed by atoms with Gasteiger partial charge in [0.05, 0.1) is 7.11 Å². The number of hydrogen-bond acceptors (Lipinski definition) is 3. The highest BCUT2D eigenvalue weighted by Gasteiger charge is 2.29. The summed E-state index contributed by atoms with van der Waals surface area (Å²) in [5, 5.41) is 5.80. The van der Waals surface area contributed by atoms with Crippen LogP contribution in [0.4, 0.5) is 4.39 Å². The molecule has 0 bridgehead atoms. The predicted octanol–water partition coefficient (Wildman–Crippen LogP) is 3.57. The molecule has 0 spiro atoms. The third-order valence-corrected chi connectivity index (χ3v) is 5.53. The van der Waals surface area contributed by atoms with Crippen LogP contribution in [-0.2, 0) is 22.7 Å². The summed E-state index contributed by atoms with van der Waals surface area (Å²) in [5.74, 6) is 0.175. The molecule has 2 aromatic carbocycles. The van der Waals surface area contributed by atoms with E-state index in [2.05, 4.69) is 10.6 Å². The Morgan fingerprint density at radius 1 is 0.862 bits per heavy atom. The molecular weight excluding hydrogens is 371 g/mol. The maximum atomic E-state index is 13.7. The number of rotatable bonds is 7. The van der Waals surface area contributed by atoms with Gasteiger partial charge < -0.3 is 15.4 Å². The summed E-state index contributed by atoms with van der Waals surface area (Å²) in [7, 11) is 1.61. The number of ether oxygens (including phenoxy) is 1. The average molecular weight is 398 g/mol. The number of carbonyl (C=O) groups is 2. The predicted molar refractivity (Wildman–Crippen MR) is 109 cm³/mol. The number of hydrogen-bond donors (Lipinski definition) is 2. The van der Waals surface area contributed by atoms with E-state index in [9.17, 15) is 14.0 Å². The van der Waals surface area contributed by atoms with Crippen molar-refractivity contribution in [3.63, 3.8) is 0 Å². The zero-order valence-electron chi connectivity index (χ0n) is 16.6. The highest BCUT2D eigenvalue weighted by Crippen LogP contribution is 2.29. The smallest absolute Gasteiger partial charge is 0.223 e. The third-order valence-electron chi connectivity index (χ3n) is 5.53. The van der Waals surface area contributed by atoms with Gasteiger partial charge in [-0.3, -0.25) is 9.59 Å². The maximum Gasteiger partial charge on any atom is 0.223 e. The average Bonchev–Trinajstić information content (AvgIpc) is 2.77. The molecule has 0 unspecified atom stereocenters. The van der Waals surface area contributed by atoms with Gasteiger partial charge in [-0.15, -0.1) is 0 Å². The quantitative estimate of drug-likeness (QED) is 0.749. The lowest BCUT2D eigenvalue weighted by atomic mass is 9.81. The lowest BCUT2D eigenvalue weighted by Gasteiger charge is -2.27. The molecule has 0 aromatic heterocycles. The van der Waals surface area contributed by atoms with Crippen molar-refractivity contribution in [1.82, 2.24) is 10.6 Å². The first kappa shape index (κ1) is 20.8. The molecule has 1 saturated carbocycles. The molecule has 0 heterocycles. The first-order chi connectivity index (χ1) is 14.1. The molecule has 0 saturated heterocycles. The van der Waals surface area contributed by atoms with Crippen LogP contribution in [0.15, 0.2) is 48.5 Å². The van der Waals surface area contributed by atoms with Gasteiger partial charge in [0.15, 0.2) is 0 Å². The molecule has 0 atom stereocenters. The van der Waals surface area contributed by atoms with Crippen molar-refractivity contribution in [2.75, 3.05) is 7.11 Å². The molecule has 3 rings (SSSR count). The number of halogens is 1. The summed E-state index contributed by atoms with van der Waals surface area (Å²) in [6.07, 6.45) is 2.68. The number of carbonyl (C=O) groups excluding carboxylic acids is 2. The highest BCUT2D eigenvalue weighted by atomic mass is 19.1. The van der Waals surface area contributed by atoms with Crippen LogP contribution < -0.4 is 15.4 Å². The Balaban J connectivity index is 1.43. The molecule has 1 fully saturated rings. The van der Waals surface area contributed by atoms with E-state index in [1.165, 1.54) is 6.07 Å². The topological polar surface area (TPSA) is 67.4 Å². The summed E-state index contributed by atoms with van der Waals surface area (Å²) in [5.41, 5.74) is 1.41. The van der Waals surface area contributed by atoms with Crippen LogP contribution >= 0.6 is 0 Å². The monoisotopic (exact) mass is 398 g/mol. The molecule has 0 aliphatic heterocycles. The van der Waals surface area contributed by atoms with Gasteiger partial charge in [0, 0.05) is 36.1 Å². The van der Waals surface area contributed by atoms with E-state index >= 15 is 0 Å². The molecule has 2 aromatic rings. The van der Waals surface area contributed by atoms with Crippen LogP contribution in [0.1, 0.15) is 36.8 Å². The molecule has 0 radical (unpaired) electrons. The summed E-state index contributed by atoms with van der Waals surface area (Å²) in [6, 6.07) is 14.0. The largest absolute Gasteiger partial charge is 0.496 e. The maximum absolute atomic E-state index is 13.7. The molecule has 29 heavy (non-hydrogen) atoms. The highest BCUT2D eigenvalue weighted by molar-refractivity contribution is 5.81. The van der Waals surface area contributed by atoms with Gasteiger partial charge in [-0.05, 0) is 37.8 Å². The van der Waals surface area contributed by atoms with E-state index in [-0.39, 0.29) is 36.0 Å². The number of nitrogens with one attached hydrogen (secondary N) is 2. The van der Waals surface area contributed by atoms with Crippen molar-refractivity contribution in [3.05, 3.63) is 65.5 Å². The molecular formula is C23H27FN2O3. The molecule has 1 aliphatic rings. The Labute approximate surface area is 170 Å². The van der Waals surface area contributed by atoms with E-state index in [4.69, 9.17) is 4.74 Å². The Morgan fingerprint density at radius 3 is 1.90 bits per heavy atom. The molecule has 1 aliphatic carbocycles. The fraction of sp³-hybridized carbons (Fsp3) is 0.391. The van der Waals surface area contributed by atoms with Crippen LogP contribution in [0.5, 0.6) is 5.75 Å². The Hall–Kier alpha value is -2.89. The third kappa shape index (κ3) is 5.56. The Bertz CT molecular complexity index is 848. The van der Waals surface area contributed by atoms with E-state index in [0.717, 1.165) is 11.3 Å². The van der Waals surface area contributed by atoms with Crippen molar-refractivity contribution in [2.45, 2.75) is 38.8 Å². The number of benzene rings is 2. The second-order valence-electron chi connectivity index (χ2n) is 7.39. The Kier molecular flexibility index (Phi) is 7.22. The van der Waals surface area contributed by atoms with Crippen LogP contribution in [0.3, 0.4) is 0 Å². The van der Waals surface area contributed by atoms with Crippen molar-refractivity contribution >= 4 is 11.8 Å². The van der Waals surface area contributed by atoms with E-state index in [1.807, 2.05) is 24.3 Å². The second kappa shape index (κ2) is 10.0. The zero-order valence-corrected chi connectivity index (χ0v) is 16.6. The van der Waals surface area contributed by atoms with Gasteiger partial charge in [0.25, 0.3) is 0 Å². The number of methoxy groups -OCH3 is 1. The minimum Gasteiger partial charge on any atom is -0.496 e. The fourth-order valence-electron chi connectivity index (χ4n) is 3.76. The second-order valence-corrected chi connectivity index (χ2v) is 7.39. The minimum atomic E-state index is -0.316. The van der Waals surface area contributed by atoms with Crippen molar-refractivity contribution in [1.29, 1.82) is 0 Å². The van der Waals surface area contributed by atoms with Gasteiger partial charge in [-0.1, -0.05) is 36.4 Å². The van der Waals surface area contributed by atoms with Crippen LogP contribution in [0, 0.1) is 17.7 Å². The SMILES string of the molecule is COc1ccccc1CNC(=O)C1CCC(C(=O)NCc2ccccc2F)CC1. The van der Waals surface area contributed by atoms with Gasteiger partial charge >= 0.3 is 0 Å². The fourth-order valence-corrected chi connectivity index (χ4v) is 3.76. The number of amides is 2. The van der Waals surface area contributed by atoms with Crippen molar-refractivity contribution < 1.29 is 18.7 Å². The number of para-hydroxylation sites is 1. The van der Waals surface area contributed by atoms with Crippen LogP contribution in [0.25, 0.3) is 0 Å². The summed E-state index contributed by atoms with van der Waals surface area (Å²) >= 11 is 0. The molecule has 5 nitrogen and oxygen atoms in total. The molecule has 154 valence electrons. The van der Waals surface area contributed by atoms with Crippen LogP contribution in [0.2, 0.25) is 0 Å².